The van der Waals surface area contributed by atoms with Gasteiger partial charge in [0.2, 0.25) is 5.82 Å². The Balaban J connectivity index is 0.000000196. The lowest BCUT2D eigenvalue weighted by Gasteiger charge is -2.08. The zero-order valence-corrected chi connectivity index (χ0v) is 18.9. The fourth-order valence-corrected chi connectivity index (χ4v) is 3.96. The number of ether oxygens (including phenoxy) is 1. The number of para-hydroxylation sites is 1. The molecule has 4 rings (SSSR count). The number of anilines is 4. The van der Waals surface area contributed by atoms with Crippen LogP contribution in [0.15, 0.2) is 52.1 Å². The second-order valence-electron chi connectivity index (χ2n) is 6.29. The van der Waals surface area contributed by atoms with Gasteiger partial charge in [-0.25, -0.2) is 4.39 Å². The van der Waals surface area contributed by atoms with Crippen molar-refractivity contribution in [3.63, 3.8) is 0 Å². The predicted molar refractivity (Wildman–Crippen MR) is 125 cm³/mol. The van der Waals surface area contributed by atoms with Gasteiger partial charge in [-0.15, -0.1) is 0 Å². The van der Waals surface area contributed by atoms with E-state index in [2.05, 4.69) is 24.1 Å². The molecule has 34 heavy (non-hydrogen) atoms. The lowest BCUT2D eigenvalue weighted by Crippen LogP contribution is -2.03. The van der Waals surface area contributed by atoms with Gasteiger partial charge in [-0.3, -0.25) is 18.3 Å². The maximum Gasteiger partial charge on any atom is 0.278 e. The van der Waals surface area contributed by atoms with Crippen LogP contribution >= 0.6 is 23.1 Å². The lowest BCUT2D eigenvalue weighted by molar-refractivity contribution is 0.372. The van der Waals surface area contributed by atoms with Gasteiger partial charge in [0.15, 0.2) is 22.7 Å². The molecule has 0 saturated carbocycles. The van der Waals surface area contributed by atoms with E-state index in [1.54, 1.807) is 6.07 Å². The van der Waals surface area contributed by atoms with Gasteiger partial charge in [0, 0.05) is 23.5 Å². The summed E-state index contributed by atoms with van der Waals surface area (Å²) < 4.78 is 36.1. The van der Waals surface area contributed by atoms with Crippen molar-refractivity contribution in [1.29, 1.82) is 10.5 Å². The van der Waals surface area contributed by atoms with Crippen molar-refractivity contribution in [2.45, 2.75) is 0 Å². The van der Waals surface area contributed by atoms with E-state index in [9.17, 15) is 18.4 Å². The van der Waals surface area contributed by atoms with Crippen LogP contribution in [-0.2, 0) is 0 Å². The number of nitriles is 2. The van der Waals surface area contributed by atoms with Crippen molar-refractivity contribution in [2.75, 3.05) is 17.7 Å². The molecule has 0 bridgehead atoms. The number of nitrogens with zero attached hydrogens (tertiary/aromatic N) is 2. The van der Waals surface area contributed by atoms with E-state index in [4.69, 9.17) is 10.5 Å². The highest BCUT2D eigenvalue weighted by Crippen LogP contribution is 2.28. The van der Waals surface area contributed by atoms with E-state index < -0.39 is 17.2 Å². The number of rotatable bonds is 5. The Morgan fingerprint density at radius 1 is 0.882 bits per heavy atom. The summed E-state index contributed by atoms with van der Waals surface area (Å²) in [5.74, 6) is -2.47. The highest BCUT2D eigenvalue weighted by atomic mass is 32.1. The second kappa shape index (κ2) is 10.9. The van der Waals surface area contributed by atoms with E-state index in [0.29, 0.717) is 5.00 Å². The topological polar surface area (TPSA) is 147 Å². The summed E-state index contributed by atoms with van der Waals surface area (Å²) in [5.41, 5.74) is 0.148. The van der Waals surface area contributed by atoms with Crippen LogP contribution in [0.3, 0.4) is 0 Å². The first-order chi connectivity index (χ1) is 16.4. The van der Waals surface area contributed by atoms with Gasteiger partial charge in [0.05, 0.1) is 7.11 Å². The molecule has 2 aromatic heterocycles. The van der Waals surface area contributed by atoms with Crippen molar-refractivity contribution in [3.05, 3.63) is 85.9 Å². The van der Waals surface area contributed by atoms with Gasteiger partial charge in [0.1, 0.15) is 22.1 Å². The van der Waals surface area contributed by atoms with Crippen LogP contribution in [0.5, 0.6) is 5.75 Å². The molecule has 0 unspecified atom stereocenters. The van der Waals surface area contributed by atoms with Gasteiger partial charge in [-0.1, -0.05) is 18.2 Å². The van der Waals surface area contributed by atoms with E-state index >= 15 is 0 Å². The Morgan fingerprint density at radius 3 is 1.91 bits per heavy atom. The van der Waals surface area contributed by atoms with Crippen LogP contribution in [0.25, 0.3) is 0 Å². The van der Waals surface area contributed by atoms with E-state index in [1.807, 2.05) is 36.4 Å². The number of hydrogen-bond donors (Lipinski definition) is 4. The molecule has 172 valence electrons. The smallest absolute Gasteiger partial charge is 0.278 e. The molecular weight excluding hydrogens is 486 g/mol. The van der Waals surface area contributed by atoms with Crippen LogP contribution in [0.1, 0.15) is 11.1 Å². The van der Waals surface area contributed by atoms with Crippen molar-refractivity contribution < 1.29 is 13.5 Å². The molecule has 13 heteroatoms. The van der Waals surface area contributed by atoms with Crippen molar-refractivity contribution in [2.24, 2.45) is 0 Å². The summed E-state index contributed by atoms with van der Waals surface area (Å²) in [6, 6.07) is 15.1. The Labute approximate surface area is 198 Å². The van der Waals surface area contributed by atoms with Crippen LogP contribution in [-0.4, -0.2) is 15.9 Å². The first kappa shape index (κ1) is 24.2. The predicted octanol–water partition coefficient (Wildman–Crippen LogP) is 4.39. The minimum Gasteiger partial charge on any atom is -0.493 e. The molecule has 0 radical (unpaired) electrons. The van der Waals surface area contributed by atoms with Crippen LogP contribution < -0.4 is 26.5 Å². The van der Waals surface area contributed by atoms with Gasteiger partial charge < -0.3 is 15.4 Å². The third kappa shape index (κ3) is 5.47. The molecule has 0 saturated heterocycles. The highest BCUT2D eigenvalue weighted by Gasteiger charge is 2.14. The molecular formula is C21H14F2N6O3S2. The van der Waals surface area contributed by atoms with Gasteiger partial charge in [-0.2, -0.15) is 14.9 Å². The van der Waals surface area contributed by atoms with Crippen molar-refractivity contribution in [3.8, 4) is 17.9 Å². The molecule has 0 aliphatic heterocycles. The molecule has 0 atom stereocenters. The standard InChI is InChI=1S/C11H7F2N3O2S.C10H7N3OS/c1-18-8-3-5(2-7(12)9(8)13)15-11-6(4-14)10(17)16-19-11;11-6-8-9(14)13-15-10(8)12-7-4-2-1-3-5-7/h2-3,15H,1H3,(H,16,17);1-5,12H,(H,13,14). The monoisotopic (exact) mass is 500 g/mol. The number of halogens is 2. The molecule has 2 aromatic carbocycles. The fraction of sp³-hybridized carbons (Fsp3) is 0.0476. The second-order valence-corrected chi connectivity index (χ2v) is 7.92. The Morgan fingerprint density at radius 2 is 1.41 bits per heavy atom. The number of aromatic nitrogens is 2. The quantitative estimate of drug-likeness (QED) is 0.318. The van der Waals surface area contributed by atoms with Gasteiger partial charge in [-0.05, 0) is 35.2 Å². The number of methoxy groups -OCH3 is 1. The Hall–Kier alpha value is -4.46. The van der Waals surface area contributed by atoms with E-state index in [0.717, 1.165) is 34.8 Å². The van der Waals surface area contributed by atoms with E-state index in [-0.39, 0.29) is 33.1 Å². The maximum absolute atomic E-state index is 13.3. The number of benzene rings is 2. The highest BCUT2D eigenvalue weighted by molar-refractivity contribution is 7.10. The molecule has 0 spiro atoms. The molecule has 0 amide bonds. The van der Waals surface area contributed by atoms with Crippen molar-refractivity contribution >= 4 is 44.4 Å². The third-order valence-corrected chi connectivity index (χ3v) is 5.72. The Bertz CT molecular complexity index is 1500. The third-order valence-electron chi connectivity index (χ3n) is 4.13. The van der Waals surface area contributed by atoms with Gasteiger partial charge in [0.25, 0.3) is 11.1 Å². The summed E-state index contributed by atoms with van der Waals surface area (Å²) in [6.07, 6.45) is 0. The number of hydrogen-bond acceptors (Lipinski definition) is 9. The van der Waals surface area contributed by atoms with E-state index in [1.165, 1.54) is 13.2 Å². The summed E-state index contributed by atoms with van der Waals surface area (Å²) >= 11 is 2.02. The summed E-state index contributed by atoms with van der Waals surface area (Å²) in [5, 5.41) is 24.0. The zero-order chi connectivity index (χ0) is 24.7. The first-order valence-corrected chi connectivity index (χ1v) is 10.9. The molecule has 9 nitrogen and oxygen atoms in total. The average molecular weight is 501 g/mol. The largest absolute Gasteiger partial charge is 0.493 e. The first-order valence-electron chi connectivity index (χ1n) is 9.23. The Kier molecular flexibility index (Phi) is 7.76. The number of H-pyrrole nitrogens is 2. The molecule has 0 aliphatic rings. The van der Waals surface area contributed by atoms with Crippen LogP contribution in [0, 0.1) is 34.3 Å². The fourth-order valence-electron chi connectivity index (χ4n) is 2.55. The molecule has 0 aliphatic carbocycles. The molecule has 0 fully saturated rings. The molecule has 4 aromatic rings. The lowest BCUT2D eigenvalue weighted by atomic mass is 10.2. The summed E-state index contributed by atoms with van der Waals surface area (Å²) in [4.78, 5) is 22.4. The minimum absolute atomic E-state index is 0.117. The summed E-state index contributed by atoms with van der Waals surface area (Å²) in [6.45, 7) is 0. The normalized spacial score (nSPS) is 9.79. The number of nitrogens with one attached hydrogen (secondary N) is 4. The average Bonchev–Trinajstić information content (AvgIpc) is 3.37. The zero-order valence-electron chi connectivity index (χ0n) is 17.2. The molecule has 4 N–H and O–H groups in total. The summed E-state index contributed by atoms with van der Waals surface area (Å²) in [7, 11) is 1.21. The van der Waals surface area contributed by atoms with Crippen molar-refractivity contribution in [1.82, 2.24) is 8.75 Å². The maximum atomic E-state index is 13.3. The number of aromatic amines is 2. The SMILES string of the molecule is COc1cc(Nc2s[nH]c(=O)c2C#N)cc(F)c1F.N#Cc1c(Nc2ccccc2)s[nH]c1=O. The van der Waals surface area contributed by atoms with Crippen LogP contribution in [0.4, 0.5) is 30.2 Å². The minimum atomic E-state index is -1.10. The van der Waals surface area contributed by atoms with Gasteiger partial charge >= 0.3 is 0 Å². The van der Waals surface area contributed by atoms with Crippen LogP contribution in [0.2, 0.25) is 0 Å². The molecule has 2 heterocycles.